The third kappa shape index (κ3) is 3.04. The summed E-state index contributed by atoms with van der Waals surface area (Å²) in [4.78, 5) is 11.0. The van der Waals surface area contributed by atoms with E-state index in [1.165, 1.54) is 0 Å². The highest BCUT2D eigenvalue weighted by atomic mass is 79.9. The van der Waals surface area contributed by atoms with Crippen molar-refractivity contribution in [2.45, 2.75) is 13.5 Å². The molecule has 0 aliphatic rings. The molecule has 0 spiro atoms. The van der Waals surface area contributed by atoms with Crippen LogP contribution in [0, 0.1) is 6.92 Å². The van der Waals surface area contributed by atoms with Crippen molar-refractivity contribution >= 4 is 21.8 Å². The van der Waals surface area contributed by atoms with Gasteiger partial charge in [-0.15, -0.1) is 0 Å². The van der Waals surface area contributed by atoms with E-state index in [2.05, 4.69) is 31.7 Å². The minimum absolute atomic E-state index is 0.0231. The van der Waals surface area contributed by atoms with E-state index in [4.69, 9.17) is 0 Å². The Kier molecular flexibility index (Phi) is 4.28. The van der Waals surface area contributed by atoms with Crippen molar-refractivity contribution in [3.8, 4) is 0 Å². The predicted molar refractivity (Wildman–Crippen MR) is 61.4 cm³/mol. The van der Waals surface area contributed by atoms with Gasteiger partial charge in [-0.25, -0.2) is 0 Å². The van der Waals surface area contributed by atoms with Crippen LogP contribution in [0.5, 0.6) is 0 Å². The lowest BCUT2D eigenvalue weighted by Crippen LogP contribution is -2.31. The van der Waals surface area contributed by atoms with Crippen LogP contribution in [0.4, 0.5) is 0 Å². The van der Waals surface area contributed by atoms with Gasteiger partial charge in [0.15, 0.2) is 0 Å². The first-order chi connectivity index (χ1) is 7.06. The summed E-state index contributed by atoms with van der Waals surface area (Å²) in [5, 5.41) is 9.85. The molecule has 0 radical (unpaired) electrons. The van der Waals surface area contributed by atoms with Gasteiger partial charge in [-0.05, 0) is 22.9 Å². The monoisotopic (exact) mass is 274 g/mol. The predicted octanol–water partition coefficient (Wildman–Crippen LogP) is 0.327. The van der Waals surface area contributed by atoms with Gasteiger partial charge < -0.3 is 10.6 Å². The van der Waals surface area contributed by atoms with E-state index in [1.54, 1.807) is 11.7 Å². The topological polar surface area (TPSA) is 59.0 Å². The van der Waals surface area contributed by atoms with Gasteiger partial charge in [0, 0.05) is 20.6 Å². The summed E-state index contributed by atoms with van der Waals surface area (Å²) >= 11 is 3.46. The average Bonchev–Trinajstić information content (AvgIpc) is 2.44. The maximum Gasteiger partial charge on any atom is 0.233 e. The fourth-order valence-corrected chi connectivity index (χ4v) is 1.73. The second kappa shape index (κ2) is 5.27. The van der Waals surface area contributed by atoms with Gasteiger partial charge in [0.1, 0.15) is 0 Å². The number of amides is 1. The molecule has 1 amide bonds. The number of aryl methyl sites for hydroxylation is 2. The van der Waals surface area contributed by atoms with Crippen LogP contribution >= 0.6 is 15.9 Å². The number of halogens is 1. The standard InChI is InChI=1S/C9H15BrN4O/c1-6-9(10)7(14(3)13-6)4-12-5-8(15)11-2/h12H,4-5H2,1-3H3,(H,11,15). The minimum atomic E-state index is -0.0231. The number of nitrogens with one attached hydrogen (secondary N) is 2. The molecule has 0 aliphatic heterocycles. The van der Waals surface area contributed by atoms with Crippen molar-refractivity contribution in [1.29, 1.82) is 0 Å². The molecule has 0 fully saturated rings. The Balaban J connectivity index is 2.54. The Bertz CT molecular complexity index is 361. The third-order valence-electron chi connectivity index (χ3n) is 2.12. The normalized spacial score (nSPS) is 10.4. The zero-order chi connectivity index (χ0) is 11.4. The van der Waals surface area contributed by atoms with Gasteiger partial charge in [0.05, 0.1) is 22.4 Å². The average molecular weight is 275 g/mol. The lowest BCUT2D eigenvalue weighted by molar-refractivity contribution is -0.119. The van der Waals surface area contributed by atoms with Crippen LogP contribution in [-0.2, 0) is 18.4 Å². The molecule has 84 valence electrons. The maximum absolute atomic E-state index is 11.0. The molecule has 1 heterocycles. The first-order valence-electron chi connectivity index (χ1n) is 4.65. The molecule has 0 bridgehead atoms. The zero-order valence-electron chi connectivity index (χ0n) is 9.09. The van der Waals surface area contributed by atoms with Crippen molar-refractivity contribution in [2.75, 3.05) is 13.6 Å². The van der Waals surface area contributed by atoms with Crippen molar-refractivity contribution in [3.63, 3.8) is 0 Å². The molecule has 0 saturated carbocycles. The number of carbonyl (C=O) groups excluding carboxylic acids is 1. The van der Waals surface area contributed by atoms with Gasteiger partial charge in [-0.2, -0.15) is 5.10 Å². The zero-order valence-corrected chi connectivity index (χ0v) is 10.7. The van der Waals surface area contributed by atoms with Crippen LogP contribution in [0.1, 0.15) is 11.4 Å². The van der Waals surface area contributed by atoms with Crippen molar-refractivity contribution < 1.29 is 4.79 Å². The molecule has 1 rings (SSSR count). The molecule has 15 heavy (non-hydrogen) atoms. The van der Waals surface area contributed by atoms with Crippen LogP contribution in [0.25, 0.3) is 0 Å². The summed E-state index contributed by atoms with van der Waals surface area (Å²) in [6.07, 6.45) is 0. The van der Waals surface area contributed by atoms with E-state index < -0.39 is 0 Å². The van der Waals surface area contributed by atoms with Gasteiger partial charge >= 0.3 is 0 Å². The first-order valence-corrected chi connectivity index (χ1v) is 5.44. The number of hydrogen-bond donors (Lipinski definition) is 2. The molecule has 0 atom stereocenters. The number of rotatable bonds is 4. The Morgan fingerprint density at radius 3 is 2.73 bits per heavy atom. The molecular formula is C9H15BrN4O. The first kappa shape index (κ1) is 12.2. The van der Waals surface area contributed by atoms with Gasteiger partial charge in [-0.1, -0.05) is 0 Å². The molecule has 6 heteroatoms. The van der Waals surface area contributed by atoms with Crippen LogP contribution in [0.2, 0.25) is 0 Å². The maximum atomic E-state index is 11.0. The van der Waals surface area contributed by atoms with Crippen molar-refractivity contribution in [1.82, 2.24) is 20.4 Å². The number of aromatic nitrogens is 2. The minimum Gasteiger partial charge on any atom is -0.358 e. The highest BCUT2D eigenvalue weighted by Crippen LogP contribution is 2.19. The Morgan fingerprint density at radius 1 is 1.60 bits per heavy atom. The summed E-state index contributed by atoms with van der Waals surface area (Å²) in [6.45, 7) is 2.87. The highest BCUT2D eigenvalue weighted by Gasteiger charge is 2.09. The molecule has 5 nitrogen and oxygen atoms in total. The lowest BCUT2D eigenvalue weighted by atomic mass is 10.3. The molecule has 0 aliphatic carbocycles. The van der Waals surface area contributed by atoms with E-state index in [0.717, 1.165) is 15.9 Å². The molecule has 0 aromatic carbocycles. The smallest absolute Gasteiger partial charge is 0.233 e. The number of likely N-dealkylation sites (N-methyl/N-ethyl adjacent to an activating group) is 1. The fraction of sp³-hybridized carbons (Fsp3) is 0.556. The van der Waals surface area contributed by atoms with Crippen molar-refractivity contribution in [2.24, 2.45) is 7.05 Å². The second-order valence-corrected chi connectivity index (χ2v) is 4.04. The summed E-state index contributed by atoms with van der Waals surface area (Å²) < 4.78 is 2.80. The van der Waals surface area contributed by atoms with Gasteiger partial charge in [-0.3, -0.25) is 9.48 Å². The quantitative estimate of drug-likeness (QED) is 0.832. The number of carbonyl (C=O) groups is 1. The summed E-state index contributed by atoms with van der Waals surface area (Å²) in [5.41, 5.74) is 1.99. The lowest BCUT2D eigenvalue weighted by Gasteiger charge is -2.04. The van der Waals surface area contributed by atoms with Crippen LogP contribution in [-0.4, -0.2) is 29.3 Å². The SMILES string of the molecule is CNC(=O)CNCc1c(Br)c(C)nn1C. The molecule has 1 aromatic rings. The molecule has 0 unspecified atom stereocenters. The second-order valence-electron chi connectivity index (χ2n) is 3.25. The summed E-state index contributed by atoms with van der Waals surface area (Å²) in [6, 6.07) is 0. The Labute approximate surface area is 97.4 Å². The fourth-order valence-electron chi connectivity index (χ4n) is 1.25. The Morgan fingerprint density at radius 2 is 2.27 bits per heavy atom. The van der Waals surface area contributed by atoms with E-state index in [1.807, 2.05) is 14.0 Å². The van der Waals surface area contributed by atoms with E-state index >= 15 is 0 Å². The molecule has 2 N–H and O–H groups in total. The van der Waals surface area contributed by atoms with E-state index in [9.17, 15) is 4.79 Å². The molecular weight excluding hydrogens is 260 g/mol. The van der Waals surface area contributed by atoms with Gasteiger partial charge in [0.2, 0.25) is 5.91 Å². The van der Waals surface area contributed by atoms with Crippen LogP contribution < -0.4 is 10.6 Å². The summed E-state index contributed by atoms with van der Waals surface area (Å²) in [5.74, 6) is -0.0231. The summed E-state index contributed by atoms with van der Waals surface area (Å²) in [7, 11) is 3.50. The Hall–Kier alpha value is -0.880. The van der Waals surface area contributed by atoms with Crippen molar-refractivity contribution in [3.05, 3.63) is 15.9 Å². The molecule has 1 aromatic heterocycles. The highest BCUT2D eigenvalue weighted by molar-refractivity contribution is 9.10. The van der Waals surface area contributed by atoms with E-state index in [0.29, 0.717) is 13.1 Å². The molecule has 0 saturated heterocycles. The van der Waals surface area contributed by atoms with E-state index in [-0.39, 0.29) is 5.91 Å². The van der Waals surface area contributed by atoms with Crippen LogP contribution in [0.3, 0.4) is 0 Å². The third-order valence-corrected chi connectivity index (χ3v) is 3.15. The number of nitrogens with zero attached hydrogens (tertiary/aromatic N) is 2. The largest absolute Gasteiger partial charge is 0.358 e. The van der Waals surface area contributed by atoms with Crippen LogP contribution in [0.15, 0.2) is 4.47 Å². The van der Waals surface area contributed by atoms with Gasteiger partial charge in [0.25, 0.3) is 0 Å². The number of hydrogen-bond acceptors (Lipinski definition) is 3.